The fourth-order valence-corrected chi connectivity index (χ4v) is 2.16. The zero-order valence-corrected chi connectivity index (χ0v) is 13.2. The Labute approximate surface area is 137 Å². The third-order valence-electron chi connectivity index (χ3n) is 3.23. The molecule has 0 saturated heterocycles. The lowest BCUT2D eigenvalue weighted by Crippen LogP contribution is -2.33. The van der Waals surface area contributed by atoms with Gasteiger partial charge in [0.1, 0.15) is 24.4 Å². The predicted molar refractivity (Wildman–Crippen MR) is 80.5 cm³/mol. The summed E-state index contributed by atoms with van der Waals surface area (Å²) < 4.78 is 11.6. The number of hydrogen-bond acceptors (Lipinski definition) is 7. The van der Waals surface area contributed by atoms with E-state index in [-0.39, 0.29) is 13.0 Å². The van der Waals surface area contributed by atoms with Crippen LogP contribution in [0.25, 0.3) is 0 Å². The van der Waals surface area contributed by atoms with Crippen LogP contribution in [0.4, 0.5) is 0 Å². The van der Waals surface area contributed by atoms with E-state index in [2.05, 4.69) is 20.8 Å². The molecule has 1 aromatic carbocycles. The number of hydrogen-bond donors (Lipinski definition) is 2. The third kappa shape index (κ3) is 4.41. The van der Waals surface area contributed by atoms with Crippen LogP contribution in [0, 0.1) is 0 Å². The Hall–Kier alpha value is -3.17. The fourth-order valence-electron chi connectivity index (χ4n) is 2.16. The van der Waals surface area contributed by atoms with Crippen LogP contribution >= 0.6 is 0 Å². The van der Waals surface area contributed by atoms with E-state index in [0.29, 0.717) is 17.1 Å². The zero-order valence-electron chi connectivity index (χ0n) is 13.2. The molecular formula is C14H17N5O5. The molecule has 2 N–H and O–H groups in total. The Kier molecular flexibility index (Phi) is 5.66. The van der Waals surface area contributed by atoms with Gasteiger partial charge in [-0.2, -0.15) is 0 Å². The van der Waals surface area contributed by atoms with Crippen molar-refractivity contribution >= 4 is 11.9 Å². The molecule has 2 rings (SSSR count). The third-order valence-corrected chi connectivity index (χ3v) is 3.23. The molecule has 1 heterocycles. The van der Waals surface area contributed by atoms with E-state index >= 15 is 0 Å². The SMILES string of the molecule is COc1ccc(C(CC(=O)O)NC(=O)Cn2cnnn2)c(OC)c1. The summed E-state index contributed by atoms with van der Waals surface area (Å²) in [4.78, 5) is 23.3. The smallest absolute Gasteiger partial charge is 0.305 e. The number of amides is 1. The van der Waals surface area contributed by atoms with E-state index in [0.717, 1.165) is 0 Å². The van der Waals surface area contributed by atoms with Gasteiger partial charge in [-0.1, -0.05) is 0 Å². The lowest BCUT2D eigenvalue weighted by molar-refractivity contribution is -0.137. The summed E-state index contributed by atoms with van der Waals surface area (Å²) in [6, 6.07) is 4.17. The zero-order chi connectivity index (χ0) is 17.5. The number of nitrogens with one attached hydrogen (secondary N) is 1. The standard InChI is InChI=1S/C14H17N5O5/c1-23-9-3-4-10(12(5-9)24-2)11(6-14(21)22)16-13(20)7-19-8-15-17-18-19/h3-5,8,11H,6-7H2,1-2H3,(H,16,20)(H,21,22). The van der Waals surface area contributed by atoms with Crippen molar-refractivity contribution in [2.75, 3.05) is 14.2 Å². The summed E-state index contributed by atoms with van der Waals surface area (Å²) in [6.07, 6.45) is 0.990. The highest BCUT2D eigenvalue weighted by Gasteiger charge is 2.22. The molecule has 10 heteroatoms. The molecule has 0 spiro atoms. The van der Waals surface area contributed by atoms with E-state index < -0.39 is 17.9 Å². The maximum Gasteiger partial charge on any atom is 0.305 e. The van der Waals surface area contributed by atoms with Crippen molar-refractivity contribution in [3.63, 3.8) is 0 Å². The van der Waals surface area contributed by atoms with E-state index in [9.17, 15) is 9.59 Å². The number of carbonyl (C=O) groups is 2. The van der Waals surface area contributed by atoms with Crippen molar-refractivity contribution in [3.8, 4) is 11.5 Å². The number of benzene rings is 1. The number of aromatic nitrogens is 4. The molecule has 2 aromatic rings. The lowest BCUT2D eigenvalue weighted by Gasteiger charge is -2.20. The summed E-state index contributed by atoms with van der Waals surface area (Å²) >= 11 is 0. The average Bonchev–Trinajstić information content (AvgIpc) is 3.05. The van der Waals surface area contributed by atoms with Crippen LogP contribution in [0.2, 0.25) is 0 Å². The monoisotopic (exact) mass is 335 g/mol. The maximum atomic E-state index is 12.1. The first-order chi connectivity index (χ1) is 11.5. The molecule has 0 aliphatic heterocycles. The van der Waals surface area contributed by atoms with E-state index in [1.807, 2.05) is 0 Å². The number of carboxylic acids is 1. The van der Waals surface area contributed by atoms with Gasteiger partial charge in [-0.05, 0) is 22.6 Å². The summed E-state index contributed by atoms with van der Waals surface area (Å²) in [7, 11) is 2.97. The summed E-state index contributed by atoms with van der Waals surface area (Å²) in [5.74, 6) is -0.500. The normalized spacial score (nSPS) is 11.6. The van der Waals surface area contributed by atoms with E-state index in [4.69, 9.17) is 14.6 Å². The molecule has 0 bridgehead atoms. The van der Waals surface area contributed by atoms with Crippen molar-refractivity contribution < 1.29 is 24.2 Å². The van der Waals surface area contributed by atoms with Crippen LogP contribution in [0.1, 0.15) is 18.0 Å². The van der Waals surface area contributed by atoms with E-state index in [1.54, 1.807) is 18.2 Å². The van der Waals surface area contributed by atoms with Crippen LogP contribution in [-0.4, -0.2) is 51.4 Å². The van der Waals surface area contributed by atoms with Crippen molar-refractivity contribution in [2.45, 2.75) is 19.0 Å². The van der Waals surface area contributed by atoms with Gasteiger partial charge >= 0.3 is 5.97 Å². The number of tetrazole rings is 1. The Balaban J connectivity index is 2.21. The number of aliphatic carboxylic acids is 1. The Morgan fingerprint density at radius 1 is 1.33 bits per heavy atom. The Morgan fingerprint density at radius 2 is 2.12 bits per heavy atom. The minimum absolute atomic E-state index is 0.123. The predicted octanol–water partition coefficient (Wildman–Crippen LogP) is 0.0225. The first kappa shape index (κ1) is 17.2. The number of carbonyl (C=O) groups excluding carboxylic acids is 1. The Bertz CT molecular complexity index is 704. The van der Waals surface area contributed by atoms with Crippen LogP contribution in [0.5, 0.6) is 11.5 Å². The number of methoxy groups -OCH3 is 2. The molecular weight excluding hydrogens is 318 g/mol. The second kappa shape index (κ2) is 7.90. The molecule has 128 valence electrons. The quantitative estimate of drug-likeness (QED) is 0.691. The van der Waals surface area contributed by atoms with Gasteiger partial charge in [0.2, 0.25) is 5.91 Å². The minimum atomic E-state index is -1.06. The largest absolute Gasteiger partial charge is 0.497 e. The molecule has 0 aliphatic carbocycles. The van der Waals surface area contributed by atoms with Crippen molar-refractivity contribution in [3.05, 3.63) is 30.1 Å². The van der Waals surface area contributed by atoms with Gasteiger partial charge in [0.15, 0.2) is 0 Å². The second-order valence-electron chi connectivity index (χ2n) is 4.83. The molecule has 0 radical (unpaired) electrons. The highest BCUT2D eigenvalue weighted by molar-refractivity contribution is 5.77. The fraction of sp³-hybridized carbons (Fsp3) is 0.357. The van der Waals surface area contributed by atoms with Crippen molar-refractivity contribution in [2.24, 2.45) is 0 Å². The highest BCUT2D eigenvalue weighted by atomic mass is 16.5. The molecule has 24 heavy (non-hydrogen) atoms. The summed E-state index contributed by atoms with van der Waals surface area (Å²) in [6.45, 7) is -0.123. The summed E-state index contributed by atoms with van der Waals surface area (Å²) in [5, 5.41) is 22.2. The number of rotatable bonds is 8. The molecule has 1 aromatic heterocycles. The molecule has 1 atom stereocenters. The molecule has 1 unspecified atom stereocenters. The highest BCUT2D eigenvalue weighted by Crippen LogP contribution is 2.31. The van der Waals surface area contributed by atoms with Gasteiger partial charge in [0.25, 0.3) is 0 Å². The first-order valence-corrected chi connectivity index (χ1v) is 6.97. The Morgan fingerprint density at radius 3 is 2.71 bits per heavy atom. The maximum absolute atomic E-state index is 12.1. The topological polar surface area (TPSA) is 128 Å². The first-order valence-electron chi connectivity index (χ1n) is 6.97. The number of nitrogens with zero attached hydrogens (tertiary/aromatic N) is 4. The second-order valence-corrected chi connectivity index (χ2v) is 4.83. The molecule has 1 amide bonds. The van der Waals surface area contributed by atoms with Gasteiger partial charge in [-0.3, -0.25) is 9.59 Å². The van der Waals surface area contributed by atoms with Crippen LogP contribution < -0.4 is 14.8 Å². The van der Waals surface area contributed by atoms with Gasteiger partial charge in [-0.25, -0.2) is 4.68 Å². The number of ether oxygens (including phenoxy) is 2. The van der Waals surface area contributed by atoms with Gasteiger partial charge in [-0.15, -0.1) is 5.10 Å². The summed E-state index contributed by atoms with van der Waals surface area (Å²) in [5.41, 5.74) is 0.533. The van der Waals surface area contributed by atoms with Gasteiger partial charge in [0.05, 0.1) is 26.7 Å². The molecule has 0 fully saturated rings. The van der Waals surface area contributed by atoms with Crippen LogP contribution in [-0.2, 0) is 16.1 Å². The van der Waals surface area contributed by atoms with Gasteiger partial charge in [0, 0.05) is 11.6 Å². The molecule has 10 nitrogen and oxygen atoms in total. The van der Waals surface area contributed by atoms with Crippen LogP contribution in [0.15, 0.2) is 24.5 Å². The van der Waals surface area contributed by atoms with Crippen LogP contribution in [0.3, 0.4) is 0 Å². The van der Waals surface area contributed by atoms with Gasteiger partial charge < -0.3 is 19.9 Å². The van der Waals surface area contributed by atoms with E-state index in [1.165, 1.54) is 25.2 Å². The molecule has 0 aliphatic rings. The minimum Gasteiger partial charge on any atom is -0.497 e. The molecule has 0 saturated carbocycles. The number of carboxylic acid groups (broad SMARTS) is 1. The lowest BCUT2D eigenvalue weighted by atomic mass is 10.0. The average molecular weight is 335 g/mol. The van der Waals surface area contributed by atoms with Crippen molar-refractivity contribution in [1.82, 2.24) is 25.5 Å². The van der Waals surface area contributed by atoms with Crippen molar-refractivity contribution in [1.29, 1.82) is 0 Å².